The lowest BCUT2D eigenvalue weighted by Crippen LogP contribution is -2.31. The van der Waals surface area contributed by atoms with Crippen molar-refractivity contribution in [2.24, 2.45) is 0 Å². The van der Waals surface area contributed by atoms with Gasteiger partial charge in [-0.05, 0) is 50.2 Å². The summed E-state index contributed by atoms with van der Waals surface area (Å²) in [7, 11) is 0. The van der Waals surface area contributed by atoms with E-state index < -0.39 is 28.6 Å². The summed E-state index contributed by atoms with van der Waals surface area (Å²) in [4.78, 5) is 34.9. The van der Waals surface area contributed by atoms with E-state index >= 15 is 0 Å². The van der Waals surface area contributed by atoms with Gasteiger partial charge in [0, 0.05) is 23.5 Å². The van der Waals surface area contributed by atoms with Gasteiger partial charge in [-0.3, -0.25) is 19.7 Å². The summed E-state index contributed by atoms with van der Waals surface area (Å²) >= 11 is 0. The van der Waals surface area contributed by atoms with Crippen molar-refractivity contribution in [2.45, 2.75) is 19.9 Å². The van der Waals surface area contributed by atoms with Crippen LogP contribution in [0.4, 0.5) is 27.1 Å². The summed E-state index contributed by atoms with van der Waals surface area (Å²) in [6, 6.07) is 10.1. The maximum atomic E-state index is 14.2. The number of aryl methyl sites for hydroxylation is 1. The molecule has 2 amide bonds. The highest BCUT2D eigenvalue weighted by Gasteiger charge is 2.17. The minimum atomic E-state index is -0.722. The van der Waals surface area contributed by atoms with Crippen molar-refractivity contribution in [1.29, 1.82) is 0 Å². The third kappa shape index (κ3) is 5.24. The van der Waals surface area contributed by atoms with Gasteiger partial charge in [0.2, 0.25) is 5.91 Å². The zero-order valence-electron chi connectivity index (χ0n) is 16.6. The lowest BCUT2D eigenvalue weighted by atomic mass is 10.2. The standard InChI is InChI=1S/C21H19FN4O5/c1-12(20(27)24-14-3-6-16(7-4-14)26(29)30)23-15-5-8-18(22)19(11-15)25-21(28)17-9-10-31-13(17)2/h3-12,23H,1-2H3,(H,24,27)(H,25,28). The summed E-state index contributed by atoms with van der Waals surface area (Å²) in [6.45, 7) is 3.21. The number of carbonyl (C=O) groups excluding carboxylic acids is 2. The molecule has 1 atom stereocenters. The molecule has 0 aliphatic rings. The predicted molar refractivity (Wildman–Crippen MR) is 113 cm³/mol. The Morgan fingerprint density at radius 2 is 1.74 bits per heavy atom. The first-order valence-corrected chi connectivity index (χ1v) is 9.21. The number of hydrogen-bond acceptors (Lipinski definition) is 6. The summed E-state index contributed by atoms with van der Waals surface area (Å²) in [5, 5.41) is 18.7. The highest BCUT2D eigenvalue weighted by atomic mass is 19.1. The van der Waals surface area contributed by atoms with Crippen molar-refractivity contribution in [2.75, 3.05) is 16.0 Å². The average molecular weight is 426 g/mol. The summed E-state index contributed by atoms with van der Waals surface area (Å²) < 4.78 is 19.2. The quantitative estimate of drug-likeness (QED) is 0.381. The number of furan rings is 1. The first kappa shape index (κ1) is 21.5. The topological polar surface area (TPSA) is 127 Å². The number of nitrogens with zero attached hydrogens (tertiary/aromatic N) is 1. The van der Waals surface area contributed by atoms with E-state index in [1.807, 2.05) is 0 Å². The van der Waals surface area contributed by atoms with E-state index in [1.165, 1.54) is 54.8 Å². The number of carbonyl (C=O) groups is 2. The Bertz CT molecular complexity index is 1130. The fourth-order valence-corrected chi connectivity index (χ4v) is 2.75. The molecule has 0 spiro atoms. The Morgan fingerprint density at radius 3 is 2.35 bits per heavy atom. The maximum absolute atomic E-state index is 14.2. The number of amides is 2. The van der Waals surface area contributed by atoms with Gasteiger partial charge in [-0.25, -0.2) is 4.39 Å². The van der Waals surface area contributed by atoms with Gasteiger partial charge in [-0.1, -0.05) is 0 Å². The molecule has 0 aliphatic heterocycles. The Labute approximate surface area is 176 Å². The van der Waals surface area contributed by atoms with Gasteiger partial charge in [0.1, 0.15) is 17.6 Å². The Balaban J connectivity index is 1.65. The van der Waals surface area contributed by atoms with Crippen molar-refractivity contribution in [3.05, 3.63) is 82.0 Å². The van der Waals surface area contributed by atoms with Crippen molar-refractivity contribution in [3.8, 4) is 0 Å². The van der Waals surface area contributed by atoms with Crippen molar-refractivity contribution in [3.63, 3.8) is 0 Å². The van der Waals surface area contributed by atoms with Crippen LogP contribution in [0.2, 0.25) is 0 Å². The highest BCUT2D eigenvalue weighted by Crippen LogP contribution is 2.22. The Hall–Kier alpha value is -4.21. The smallest absolute Gasteiger partial charge is 0.269 e. The minimum Gasteiger partial charge on any atom is -0.469 e. The molecule has 2 aromatic carbocycles. The molecule has 31 heavy (non-hydrogen) atoms. The number of nitrogens with one attached hydrogen (secondary N) is 3. The lowest BCUT2D eigenvalue weighted by Gasteiger charge is -2.16. The number of hydrogen-bond donors (Lipinski definition) is 3. The molecule has 3 N–H and O–H groups in total. The molecule has 0 bridgehead atoms. The molecule has 160 valence electrons. The molecule has 9 nitrogen and oxygen atoms in total. The number of anilines is 3. The largest absolute Gasteiger partial charge is 0.469 e. The molecule has 3 rings (SSSR count). The third-order valence-corrected chi connectivity index (χ3v) is 4.44. The number of nitro benzene ring substituents is 1. The predicted octanol–water partition coefficient (Wildman–Crippen LogP) is 4.33. The van der Waals surface area contributed by atoms with Crippen molar-refractivity contribution < 1.29 is 23.3 Å². The average Bonchev–Trinajstić information content (AvgIpc) is 3.16. The molecule has 1 unspecified atom stereocenters. The third-order valence-electron chi connectivity index (χ3n) is 4.44. The molecule has 1 heterocycles. The van der Waals surface area contributed by atoms with E-state index in [1.54, 1.807) is 13.8 Å². The lowest BCUT2D eigenvalue weighted by molar-refractivity contribution is -0.384. The molecule has 1 aromatic heterocycles. The zero-order chi connectivity index (χ0) is 22.5. The molecule has 10 heteroatoms. The van der Waals surface area contributed by atoms with Crippen LogP contribution in [0.3, 0.4) is 0 Å². The Morgan fingerprint density at radius 1 is 1.06 bits per heavy atom. The second-order valence-corrected chi connectivity index (χ2v) is 6.70. The van der Waals surface area contributed by atoms with Gasteiger partial charge >= 0.3 is 0 Å². The van der Waals surface area contributed by atoms with Crippen molar-refractivity contribution >= 4 is 34.6 Å². The first-order chi connectivity index (χ1) is 14.7. The second-order valence-electron chi connectivity index (χ2n) is 6.70. The van der Waals surface area contributed by atoms with Crippen LogP contribution in [0.5, 0.6) is 0 Å². The van der Waals surface area contributed by atoms with Gasteiger partial charge in [0.15, 0.2) is 0 Å². The number of benzene rings is 2. The number of rotatable bonds is 7. The highest BCUT2D eigenvalue weighted by molar-refractivity contribution is 6.05. The first-order valence-electron chi connectivity index (χ1n) is 9.21. The van der Waals surface area contributed by atoms with Gasteiger partial charge in [-0.15, -0.1) is 0 Å². The molecular weight excluding hydrogens is 407 g/mol. The van der Waals surface area contributed by atoms with Crippen LogP contribution in [-0.2, 0) is 4.79 Å². The van der Waals surface area contributed by atoms with Gasteiger partial charge in [0.25, 0.3) is 11.6 Å². The fourth-order valence-electron chi connectivity index (χ4n) is 2.75. The Kier molecular flexibility index (Phi) is 6.29. The SMILES string of the molecule is Cc1occc1C(=O)Nc1cc(NC(C)C(=O)Nc2ccc([N+](=O)[O-])cc2)ccc1F. The van der Waals surface area contributed by atoms with Crippen LogP contribution in [0.15, 0.2) is 59.2 Å². The van der Waals surface area contributed by atoms with Gasteiger partial charge < -0.3 is 20.4 Å². The van der Waals surface area contributed by atoms with E-state index in [0.29, 0.717) is 17.1 Å². The fraction of sp³-hybridized carbons (Fsp3) is 0.143. The monoisotopic (exact) mass is 426 g/mol. The second kappa shape index (κ2) is 9.08. The van der Waals surface area contributed by atoms with Crippen LogP contribution in [0.1, 0.15) is 23.0 Å². The van der Waals surface area contributed by atoms with Crippen LogP contribution < -0.4 is 16.0 Å². The van der Waals surface area contributed by atoms with E-state index in [4.69, 9.17) is 4.42 Å². The zero-order valence-corrected chi connectivity index (χ0v) is 16.6. The molecule has 3 aromatic rings. The normalized spacial score (nSPS) is 11.5. The molecule has 0 radical (unpaired) electrons. The van der Waals surface area contributed by atoms with Crippen molar-refractivity contribution in [1.82, 2.24) is 0 Å². The number of halogens is 1. The van der Waals surface area contributed by atoms with Gasteiger partial charge in [0.05, 0.1) is 22.4 Å². The molecule has 0 saturated carbocycles. The molecule has 0 saturated heterocycles. The van der Waals surface area contributed by atoms with Crippen LogP contribution >= 0.6 is 0 Å². The summed E-state index contributed by atoms with van der Waals surface area (Å²) in [5.74, 6) is -1.16. The van der Waals surface area contributed by atoms with E-state index in [2.05, 4.69) is 16.0 Å². The van der Waals surface area contributed by atoms with E-state index in [9.17, 15) is 24.1 Å². The summed E-state index contributed by atoms with van der Waals surface area (Å²) in [6.07, 6.45) is 1.36. The maximum Gasteiger partial charge on any atom is 0.269 e. The molecule has 0 fully saturated rings. The minimum absolute atomic E-state index is 0.0569. The van der Waals surface area contributed by atoms with Crippen LogP contribution in [0.25, 0.3) is 0 Å². The number of non-ortho nitro benzene ring substituents is 1. The number of nitro groups is 1. The van der Waals surface area contributed by atoms with E-state index in [0.717, 1.165) is 0 Å². The summed E-state index contributed by atoms with van der Waals surface area (Å²) in [5.41, 5.74) is 0.946. The van der Waals surface area contributed by atoms with Gasteiger partial charge in [-0.2, -0.15) is 0 Å². The van der Waals surface area contributed by atoms with Crippen LogP contribution in [-0.4, -0.2) is 22.8 Å². The molecular formula is C21H19FN4O5. The van der Waals surface area contributed by atoms with E-state index in [-0.39, 0.29) is 16.9 Å². The van der Waals surface area contributed by atoms with Crippen LogP contribution in [0, 0.1) is 22.9 Å². The molecule has 0 aliphatic carbocycles.